The minimum absolute atomic E-state index is 0.127. The van der Waals surface area contributed by atoms with Crippen molar-refractivity contribution in [3.8, 4) is 0 Å². The summed E-state index contributed by atoms with van der Waals surface area (Å²) in [6, 6.07) is 4.94. The van der Waals surface area contributed by atoms with Gasteiger partial charge in [-0.2, -0.15) is 0 Å². The first-order chi connectivity index (χ1) is 8.95. The van der Waals surface area contributed by atoms with Crippen molar-refractivity contribution in [3.63, 3.8) is 0 Å². The van der Waals surface area contributed by atoms with Crippen molar-refractivity contribution >= 4 is 34.8 Å². The lowest BCUT2D eigenvalue weighted by Crippen LogP contribution is -2.31. The van der Waals surface area contributed by atoms with Crippen molar-refractivity contribution in [1.29, 1.82) is 0 Å². The molecule has 0 radical (unpaired) electrons. The second-order valence-electron chi connectivity index (χ2n) is 4.29. The van der Waals surface area contributed by atoms with E-state index in [2.05, 4.69) is 5.32 Å². The molecule has 0 aliphatic rings. The van der Waals surface area contributed by atoms with Crippen molar-refractivity contribution in [2.45, 2.75) is 13.5 Å². The molecule has 100 valence electrons. The normalized spacial score (nSPS) is 10.5. The summed E-state index contributed by atoms with van der Waals surface area (Å²) in [6.07, 6.45) is 3.76. The minimum Gasteiger partial charge on any atom is -0.323 e. The maximum atomic E-state index is 11.9. The number of aryl methyl sites for hydroxylation is 1. The van der Waals surface area contributed by atoms with Gasteiger partial charge in [0, 0.05) is 22.7 Å². The molecular formula is C13H14Cl2N3O+. The fourth-order valence-corrected chi connectivity index (χ4v) is 2.27. The molecule has 1 aromatic heterocycles. The molecule has 1 N–H and O–H groups in total. The van der Waals surface area contributed by atoms with E-state index >= 15 is 0 Å². The quantitative estimate of drug-likeness (QED) is 0.869. The molecule has 1 aromatic carbocycles. The number of nitrogens with one attached hydrogen (secondary N) is 1. The Hall–Kier alpha value is -1.52. The molecular weight excluding hydrogens is 285 g/mol. The lowest BCUT2D eigenvalue weighted by atomic mass is 10.3. The van der Waals surface area contributed by atoms with Crippen LogP contribution < -0.4 is 9.88 Å². The summed E-state index contributed by atoms with van der Waals surface area (Å²) in [5, 5.41) is 3.75. The lowest BCUT2D eigenvalue weighted by Gasteiger charge is -2.05. The van der Waals surface area contributed by atoms with Gasteiger partial charge in [-0.05, 0) is 18.2 Å². The highest BCUT2D eigenvalue weighted by atomic mass is 35.5. The summed E-state index contributed by atoms with van der Waals surface area (Å²) >= 11 is 11.8. The third-order valence-corrected chi connectivity index (χ3v) is 3.29. The molecule has 1 amide bonds. The predicted molar refractivity (Wildman–Crippen MR) is 75.4 cm³/mol. The van der Waals surface area contributed by atoms with E-state index in [-0.39, 0.29) is 12.5 Å². The Kier molecular flexibility index (Phi) is 4.12. The number of hydrogen-bond donors (Lipinski definition) is 1. The van der Waals surface area contributed by atoms with E-state index in [1.54, 1.807) is 18.2 Å². The summed E-state index contributed by atoms with van der Waals surface area (Å²) in [4.78, 5) is 11.9. The van der Waals surface area contributed by atoms with Crippen LogP contribution in [0.25, 0.3) is 0 Å². The Bertz CT molecular complexity index is 602. The molecule has 0 atom stereocenters. The van der Waals surface area contributed by atoms with Gasteiger partial charge in [-0.15, -0.1) is 0 Å². The summed E-state index contributed by atoms with van der Waals surface area (Å²) in [5.41, 5.74) is 0.594. The molecule has 19 heavy (non-hydrogen) atoms. The first-order valence-corrected chi connectivity index (χ1v) is 6.48. The van der Waals surface area contributed by atoms with Gasteiger partial charge in [0.05, 0.1) is 7.05 Å². The number of nitrogens with zero attached hydrogens (tertiary/aromatic N) is 2. The molecule has 0 fully saturated rings. The molecule has 1 heterocycles. The highest BCUT2D eigenvalue weighted by molar-refractivity contribution is 6.35. The zero-order valence-electron chi connectivity index (χ0n) is 10.7. The standard InChI is InChI=1S/C13H13Cl2N3O/c1-9-17(2)3-4-18(9)8-13(19)16-12-6-10(14)5-11(15)7-12/h3-7H,8H2,1-2H3/p+1. The van der Waals surface area contributed by atoms with Crippen molar-refractivity contribution in [3.05, 3.63) is 46.5 Å². The van der Waals surface area contributed by atoms with Crippen LogP contribution in [-0.4, -0.2) is 10.5 Å². The molecule has 0 unspecified atom stereocenters. The zero-order valence-corrected chi connectivity index (χ0v) is 12.2. The number of aromatic nitrogens is 2. The molecule has 6 heteroatoms. The first kappa shape index (κ1) is 13.9. The van der Waals surface area contributed by atoms with E-state index in [0.717, 1.165) is 5.82 Å². The summed E-state index contributed by atoms with van der Waals surface area (Å²) < 4.78 is 3.81. The van der Waals surface area contributed by atoms with Crippen LogP contribution in [0, 0.1) is 6.92 Å². The highest BCUT2D eigenvalue weighted by Gasteiger charge is 2.13. The van der Waals surface area contributed by atoms with Gasteiger partial charge in [0.25, 0.3) is 11.7 Å². The molecule has 2 aromatic rings. The van der Waals surface area contributed by atoms with Crippen LogP contribution in [0.3, 0.4) is 0 Å². The molecule has 0 saturated carbocycles. The van der Waals surface area contributed by atoms with Gasteiger partial charge in [-0.3, -0.25) is 4.79 Å². The fraction of sp³-hybridized carbons (Fsp3) is 0.231. The van der Waals surface area contributed by atoms with Gasteiger partial charge in [0.15, 0.2) is 6.54 Å². The largest absolute Gasteiger partial charge is 0.323 e. The maximum Gasteiger partial charge on any atom is 0.266 e. The van der Waals surface area contributed by atoms with Gasteiger partial charge in [-0.1, -0.05) is 23.2 Å². The number of halogens is 2. The minimum atomic E-state index is -0.127. The van der Waals surface area contributed by atoms with Crippen molar-refractivity contribution < 1.29 is 9.36 Å². The Labute approximate surface area is 121 Å². The zero-order chi connectivity index (χ0) is 14.0. The van der Waals surface area contributed by atoms with E-state index in [1.807, 2.05) is 35.5 Å². The molecule has 4 nitrogen and oxygen atoms in total. The number of amides is 1. The van der Waals surface area contributed by atoms with E-state index in [9.17, 15) is 4.79 Å². The van der Waals surface area contributed by atoms with E-state index < -0.39 is 0 Å². The summed E-state index contributed by atoms with van der Waals surface area (Å²) in [7, 11) is 1.93. The molecule has 0 spiro atoms. The van der Waals surface area contributed by atoms with Crippen LogP contribution in [0.5, 0.6) is 0 Å². The second kappa shape index (κ2) is 5.63. The monoisotopic (exact) mass is 298 g/mol. The second-order valence-corrected chi connectivity index (χ2v) is 5.16. The van der Waals surface area contributed by atoms with Crippen molar-refractivity contribution in [2.24, 2.45) is 7.05 Å². The third kappa shape index (κ3) is 3.49. The average Bonchev–Trinajstić information content (AvgIpc) is 2.59. The van der Waals surface area contributed by atoms with Crippen LogP contribution in [0.15, 0.2) is 30.6 Å². The Morgan fingerprint density at radius 3 is 2.47 bits per heavy atom. The number of hydrogen-bond acceptors (Lipinski definition) is 1. The lowest BCUT2D eigenvalue weighted by molar-refractivity contribution is -0.677. The number of carbonyl (C=O) groups is 1. The molecule has 0 aliphatic heterocycles. The number of rotatable bonds is 3. The van der Waals surface area contributed by atoms with Gasteiger partial charge in [0.2, 0.25) is 0 Å². The molecule has 0 aliphatic carbocycles. The van der Waals surface area contributed by atoms with Gasteiger partial charge in [0.1, 0.15) is 12.4 Å². The van der Waals surface area contributed by atoms with Crippen molar-refractivity contribution in [2.75, 3.05) is 5.32 Å². The highest BCUT2D eigenvalue weighted by Crippen LogP contribution is 2.22. The average molecular weight is 299 g/mol. The van der Waals surface area contributed by atoms with Gasteiger partial charge >= 0.3 is 0 Å². The summed E-state index contributed by atoms with van der Waals surface area (Å²) in [5.74, 6) is 0.872. The number of carbonyl (C=O) groups excluding carboxylic acids is 1. The Morgan fingerprint density at radius 2 is 1.95 bits per heavy atom. The smallest absolute Gasteiger partial charge is 0.266 e. The molecule has 0 saturated heterocycles. The Morgan fingerprint density at radius 1 is 1.32 bits per heavy atom. The number of benzene rings is 1. The van der Waals surface area contributed by atoms with Crippen LogP contribution >= 0.6 is 23.2 Å². The van der Waals surface area contributed by atoms with Crippen LogP contribution in [0.1, 0.15) is 5.82 Å². The number of anilines is 1. The van der Waals surface area contributed by atoms with Crippen molar-refractivity contribution in [1.82, 2.24) is 4.57 Å². The molecule has 2 rings (SSSR count). The first-order valence-electron chi connectivity index (χ1n) is 5.73. The molecule has 0 bridgehead atoms. The van der Waals surface area contributed by atoms with E-state index in [1.165, 1.54) is 0 Å². The summed E-state index contributed by atoms with van der Waals surface area (Å²) in [6.45, 7) is 2.19. The topological polar surface area (TPSA) is 37.9 Å². The van der Waals surface area contributed by atoms with Crippen LogP contribution in [0.2, 0.25) is 10.0 Å². The SMILES string of the molecule is Cc1n(CC(=O)Nc2cc(Cl)cc(Cl)c2)cc[n+]1C. The predicted octanol–water partition coefficient (Wildman–Crippen LogP) is 2.57. The maximum absolute atomic E-state index is 11.9. The fourth-order valence-electron chi connectivity index (χ4n) is 1.75. The van der Waals surface area contributed by atoms with Crippen LogP contribution in [0.4, 0.5) is 5.69 Å². The van der Waals surface area contributed by atoms with Crippen LogP contribution in [-0.2, 0) is 18.4 Å². The van der Waals surface area contributed by atoms with Gasteiger partial charge < -0.3 is 5.32 Å². The van der Waals surface area contributed by atoms with E-state index in [4.69, 9.17) is 23.2 Å². The van der Waals surface area contributed by atoms with E-state index in [0.29, 0.717) is 15.7 Å². The third-order valence-electron chi connectivity index (χ3n) is 2.86. The Balaban J connectivity index is 2.07. The van der Waals surface area contributed by atoms with Gasteiger partial charge in [-0.25, -0.2) is 9.13 Å². The number of imidazole rings is 1.